The molecule has 2 aliphatic rings. The monoisotopic (exact) mass is 441 g/mol. The predicted octanol–water partition coefficient (Wildman–Crippen LogP) is 1.73. The molecule has 0 radical (unpaired) electrons. The van der Waals surface area contributed by atoms with Gasteiger partial charge in [-0.05, 0) is 45.5 Å². The molecule has 2 heterocycles. The molecule has 1 aliphatic heterocycles. The highest BCUT2D eigenvalue weighted by atomic mass is 32.2. The number of carbonyl (C=O) groups is 1. The van der Waals surface area contributed by atoms with Crippen molar-refractivity contribution in [2.45, 2.75) is 30.8 Å². The van der Waals surface area contributed by atoms with Gasteiger partial charge in [0.1, 0.15) is 5.03 Å². The van der Waals surface area contributed by atoms with Gasteiger partial charge in [-0.2, -0.15) is 4.98 Å². The SMILES string of the molecule is CN(C)CCn1c2c(c(SCC(=O)N3CCN(c4ccccc4)CC3)nc1=O)CCC2. The van der Waals surface area contributed by atoms with Crippen LogP contribution in [0.15, 0.2) is 40.2 Å². The Morgan fingerprint density at radius 3 is 2.55 bits per heavy atom. The molecule has 31 heavy (non-hydrogen) atoms. The molecule has 1 aromatic heterocycles. The van der Waals surface area contributed by atoms with E-state index >= 15 is 0 Å². The van der Waals surface area contributed by atoms with Crippen molar-refractivity contribution in [3.8, 4) is 0 Å². The van der Waals surface area contributed by atoms with Crippen molar-refractivity contribution in [3.05, 3.63) is 52.1 Å². The molecule has 1 aromatic carbocycles. The summed E-state index contributed by atoms with van der Waals surface area (Å²) in [5.74, 6) is 0.467. The lowest BCUT2D eigenvalue weighted by atomic mass is 10.2. The van der Waals surface area contributed by atoms with Crippen LogP contribution >= 0.6 is 11.8 Å². The maximum Gasteiger partial charge on any atom is 0.348 e. The average molecular weight is 442 g/mol. The second-order valence-electron chi connectivity index (χ2n) is 8.43. The number of carbonyl (C=O) groups excluding carboxylic acids is 1. The number of amides is 1. The third-order valence-corrected chi connectivity index (χ3v) is 7.06. The Bertz CT molecular complexity index is 968. The van der Waals surface area contributed by atoms with Crippen LogP contribution in [0, 0.1) is 0 Å². The minimum absolute atomic E-state index is 0.128. The zero-order valence-corrected chi connectivity index (χ0v) is 19.2. The van der Waals surface area contributed by atoms with Crippen LogP contribution in [-0.2, 0) is 24.2 Å². The Morgan fingerprint density at radius 1 is 1.10 bits per heavy atom. The van der Waals surface area contributed by atoms with Crippen LogP contribution in [0.3, 0.4) is 0 Å². The van der Waals surface area contributed by atoms with Crippen molar-refractivity contribution < 1.29 is 4.79 Å². The standard InChI is InChI=1S/C23H31N5O2S/c1-25(2)11-16-28-20-10-6-9-19(20)22(24-23(28)30)31-17-21(29)27-14-12-26(13-15-27)18-7-4-3-5-8-18/h3-5,7-8H,6,9-17H2,1-2H3. The van der Waals surface area contributed by atoms with Crippen molar-refractivity contribution in [3.63, 3.8) is 0 Å². The summed E-state index contributed by atoms with van der Waals surface area (Å²) in [6, 6.07) is 10.3. The summed E-state index contributed by atoms with van der Waals surface area (Å²) in [5.41, 5.74) is 3.31. The molecule has 0 bridgehead atoms. The first-order valence-corrected chi connectivity index (χ1v) is 12.0. The number of para-hydroxylation sites is 1. The number of aromatic nitrogens is 2. The van der Waals surface area contributed by atoms with Crippen molar-refractivity contribution in [1.29, 1.82) is 0 Å². The van der Waals surface area contributed by atoms with Crippen molar-refractivity contribution in [2.24, 2.45) is 0 Å². The number of fused-ring (bicyclic) bond motifs is 1. The van der Waals surface area contributed by atoms with E-state index in [0.717, 1.165) is 62.7 Å². The van der Waals surface area contributed by atoms with E-state index in [1.54, 1.807) is 0 Å². The topological polar surface area (TPSA) is 61.7 Å². The molecule has 166 valence electrons. The van der Waals surface area contributed by atoms with Crippen molar-refractivity contribution in [2.75, 3.05) is 57.5 Å². The number of piperazine rings is 1. The Morgan fingerprint density at radius 2 is 1.84 bits per heavy atom. The number of benzene rings is 1. The summed E-state index contributed by atoms with van der Waals surface area (Å²) < 4.78 is 1.83. The average Bonchev–Trinajstić information content (AvgIpc) is 3.27. The summed E-state index contributed by atoms with van der Waals surface area (Å²) in [6.45, 7) is 4.62. The highest BCUT2D eigenvalue weighted by molar-refractivity contribution is 7.99. The molecule has 0 spiro atoms. The number of rotatable bonds is 7. The lowest BCUT2D eigenvalue weighted by Gasteiger charge is -2.36. The molecule has 0 unspecified atom stereocenters. The normalized spacial score (nSPS) is 16.1. The van der Waals surface area contributed by atoms with Gasteiger partial charge in [0.2, 0.25) is 5.91 Å². The Balaban J connectivity index is 1.36. The first kappa shape index (κ1) is 21.9. The van der Waals surface area contributed by atoms with Crippen LogP contribution < -0.4 is 10.6 Å². The third-order valence-electron chi connectivity index (χ3n) is 6.06. The van der Waals surface area contributed by atoms with Crippen LogP contribution in [0.1, 0.15) is 17.7 Å². The number of nitrogens with zero attached hydrogens (tertiary/aromatic N) is 5. The summed E-state index contributed by atoms with van der Waals surface area (Å²) in [4.78, 5) is 36.2. The minimum atomic E-state index is -0.186. The summed E-state index contributed by atoms with van der Waals surface area (Å²) in [7, 11) is 4.02. The summed E-state index contributed by atoms with van der Waals surface area (Å²) in [5, 5.41) is 0.759. The molecule has 0 atom stereocenters. The lowest BCUT2D eigenvalue weighted by Crippen LogP contribution is -2.49. The van der Waals surface area contributed by atoms with E-state index in [4.69, 9.17) is 0 Å². The van der Waals surface area contributed by atoms with Gasteiger partial charge in [-0.3, -0.25) is 9.36 Å². The van der Waals surface area contributed by atoms with Gasteiger partial charge in [-0.25, -0.2) is 4.79 Å². The Kier molecular flexibility index (Phi) is 6.97. The van der Waals surface area contributed by atoms with E-state index in [9.17, 15) is 9.59 Å². The van der Waals surface area contributed by atoms with Crippen LogP contribution in [-0.4, -0.2) is 77.8 Å². The van der Waals surface area contributed by atoms with E-state index in [1.807, 2.05) is 41.8 Å². The second kappa shape index (κ2) is 9.87. The zero-order valence-electron chi connectivity index (χ0n) is 18.4. The van der Waals surface area contributed by atoms with Gasteiger partial charge >= 0.3 is 5.69 Å². The number of likely N-dealkylation sites (N-methyl/N-ethyl adjacent to an activating group) is 1. The van der Waals surface area contributed by atoms with Gasteiger partial charge in [-0.1, -0.05) is 30.0 Å². The minimum Gasteiger partial charge on any atom is -0.368 e. The molecule has 0 N–H and O–H groups in total. The Hall–Kier alpha value is -2.32. The van der Waals surface area contributed by atoms with Gasteiger partial charge in [0.05, 0.1) is 5.75 Å². The fourth-order valence-corrected chi connectivity index (χ4v) is 5.29. The Labute approximate surface area is 188 Å². The molecular formula is C23H31N5O2S. The van der Waals surface area contributed by atoms with Gasteiger partial charge in [0.25, 0.3) is 0 Å². The molecule has 7 nitrogen and oxygen atoms in total. The molecule has 4 rings (SSSR count). The van der Waals surface area contributed by atoms with E-state index in [0.29, 0.717) is 12.3 Å². The second-order valence-corrected chi connectivity index (χ2v) is 9.39. The first-order valence-electron chi connectivity index (χ1n) is 11.0. The summed E-state index contributed by atoms with van der Waals surface area (Å²) in [6.07, 6.45) is 2.91. The van der Waals surface area contributed by atoms with Gasteiger partial charge in [0.15, 0.2) is 0 Å². The van der Waals surface area contributed by atoms with Gasteiger partial charge in [-0.15, -0.1) is 0 Å². The van der Waals surface area contributed by atoms with Crippen LogP contribution in [0.5, 0.6) is 0 Å². The van der Waals surface area contributed by atoms with E-state index in [2.05, 4.69) is 26.9 Å². The number of thioether (sulfide) groups is 1. The molecule has 8 heteroatoms. The van der Waals surface area contributed by atoms with Gasteiger partial charge in [0, 0.05) is 56.2 Å². The summed E-state index contributed by atoms with van der Waals surface area (Å²) >= 11 is 1.43. The molecule has 1 saturated heterocycles. The largest absolute Gasteiger partial charge is 0.368 e. The fraction of sp³-hybridized carbons (Fsp3) is 0.522. The van der Waals surface area contributed by atoms with E-state index in [-0.39, 0.29) is 11.6 Å². The number of hydrogen-bond donors (Lipinski definition) is 0. The van der Waals surface area contributed by atoms with Crippen molar-refractivity contribution >= 4 is 23.4 Å². The molecule has 1 fully saturated rings. The van der Waals surface area contributed by atoms with Crippen LogP contribution in [0.2, 0.25) is 0 Å². The quantitative estimate of drug-likeness (QED) is 0.482. The predicted molar refractivity (Wildman–Crippen MR) is 125 cm³/mol. The highest BCUT2D eigenvalue weighted by Gasteiger charge is 2.25. The van der Waals surface area contributed by atoms with Gasteiger partial charge < -0.3 is 14.7 Å². The molecule has 2 aromatic rings. The molecule has 0 saturated carbocycles. The maximum atomic E-state index is 12.8. The lowest BCUT2D eigenvalue weighted by molar-refractivity contribution is -0.128. The third kappa shape index (κ3) is 5.13. The fourth-order valence-electron chi connectivity index (χ4n) is 4.31. The van der Waals surface area contributed by atoms with Crippen LogP contribution in [0.25, 0.3) is 0 Å². The zero-order chi connectivity index (χ0) is 21.8. The maximum absolute atomic E-state index is 12.8. The number of hydrogen-bond acceptors (Lipinski definition) is 6. The smallest absolute Gasteiger partial charge is 0.348 e. The van der Waals surface area contributed by atoms with E-state index in [1.165, 1.54) is 23.0 Å². The molecule has 1 aliphatic carbocycles. The number of anilines is 1. The van der Waals surface area contributed by atoms with Crippen LogP contribution in [0.4, 0.5) is 5.69 Å². The molecular weight excluding hydrogens is 410 g/mol. The van der Waals surface area contributed by atoms with E-state index < -0.39 is 0 Å². The van der Waals surface area contributed by atoms with Crippen molar-refractivity contribution in [1.82, 2.24) is 19.4 Å². The highest BCUT2D eigenvalue weighted by Crippen LogP contribution is 2.29. The molecule has 1 amide bonds. The first-order chi connectivity index (χ1) is 15.0.